The Bertz CT molecular complexity index is 283. The van der Waals surface area contributed by atoms with Gasteiger partial charge in [0.25, 0.3) is 0 Å². The third-order valence-electron chi connectivity index (χ3n) is 2.68. The second-order valence-electron chi connectivity index (χ2n) is 4.98. The van der Waals surface area contributed by atoms with Gasteiger partial charge in [0.1, 0.15) is 0 Å². The van der Waals surface area contributed by atoms with E-state index in [1.54, 1.807) is 0 Å². The van der Waals surface area contributed by atoms with E-state index in [1.165, 1.54) is 9.75 Å². The molecule has 1 nitrogen and oxygen atoms in total. The molecule has 2 heteroatoms. The molecule has 80 valence electrons. The van der Waals surface area contributed by atoms with E-state index in [2.05, 4.69) is 52.1 Å². The van der Waals surface area contributed by atoms with Gasteiger partial charge in [0.15, 0.2) is 0 Å². The van der Waals surface area contributed by atoms with Crippen molar-refractivity contribution < 1.29 is 0 Å². The van der Waals surface area contributed by atoms with Crippen LogP contribution < -0.4 is 5.32 Å². The number of hydrogen-bond acceptors (Lipinski definition) is 2. The molecule has 0 spiro atoms. The van der Waals surface area contributed by atoms with Gasteiger partial charge in [0.2, 0.25) is 0 Å². The molecule has 0 aliphatic rings. The Labute approximate surface area is 91.5 Å². The monoisotopic (exact) mass is 211 g/mol. The summed E-state index contributed by atoms with van der Waals surface area (Å²) >= 11 is 1.88. The zero-order valence-electron chi connectivity index (χ0n) is 9.85. The first-order chi connectivity index (χ1) is 6.39. The van der Waals surface area contributed by atoms with Crippen molar-refractivity contribution in [2.24, 2.45) is 5.41 Å². The average Bonchev–Trinajstić information content (AvgIpc) is 2.45. The molecule has 0 fully saturated rings. The summed E-state index contributed by atoms with van der Waals surface area (Å²) in [6.45, 7) is 12.2. The van der Waals surface area contributed by atoms with Gasteiger partial charge in [-0.2, -0.15) is 0 Å². The van der Waals surface area contributed by atoms with Crippen LogP contribution in [-0.2, 0) is 6.54 Å². The molecular weight excluding hydrogens is 190 g/mol. The fourth-order valence-corrected chi connectivity index (χ4v) is 1.98. The zero-order chi connectivity index (χ0) is 10.8. The normalized spacial score (nSPS) is 14.4. The van der Waals surface area contributed by atoms with Crippen LogP contribution in [0.4, 0.5) is 0 Å². The van der Waals surface area contributed by atoms with Gasteiger partial charge in [0, 0.05) is 22.3 Å². The molecule has 1 atom stereocenters. The molecule has 1 aromatic heterocycles. The second-order valence-corrected chi connectivity index (χ2v) is 6.35. The fourth-order valence-electron chi connectivity index (χ4n) is 1.14. The van der Waals surface area contributed by atoms with Crippen LogP contribution in [0.2, 0.25) is 0 Å². The van der Waals surface area contributed by atoms with E-state index >= 15 is 0 Å². The Morgan fingerprint density at radius 1 is 1.36 bits per heavy atom. The molecular formula is C12H21NS. The number of hydrogen-bond donors (Lipinski definition) is 1. The van der Waals surface area contributed by atoms with E-state index in [9.17, 15) is 0 Å². The zero-order valence-corrected chi connectivity index (χ0v) is 10.7. The van der Waals surface area contributed by atoms with Crippen LogP contribution >= 0.6 is 11.3 Å². The van der Waals surface area contributed by atoms with Crippen molar-refractivity contribution in [3.8, 4) is 0 Å². The summed E-state index contributed by atoms with van der Waals surface area (Å²) in [4.78, 5) is 2.82. The molecule has 0 bridgehead atoms. The minimum Gasteiger partial charge on any atom is -0.309 e. The minimum absolute atomic E-state index is 0.340. The van der Waals surface area contributed by atoms with Gasteiger partial charge in [0.05, 0.1) is 0 Å². The van der Waals surface area contributed by atoms with Crippen LogP contribution in [0.15, 0.2) is 12.1 Å². The quantitative estimate of drug-likeness (QED) is 0.806. The van der Waals surface area contributed by atoms with Crippen LogP contribution in [0.5, 0.6) is 0 Å². The Hall–Kier alpha value is -0.340. The summed E-state index contributed by atoms with van der Waals surface area (Å²) < 4.78 is 0. The molecule has 0 aliphatic heterocycles. The molecule has 1 N–H and O–H groups in total. The highest BCUT2D eigenvalue weighted by molar-refractivity contribution is 7.11. The molecule has 14 heavy (non-hydrogen) atoms. The van der Waals surface area contributed by atoms with E-state index in [0.717, 1.165) is 6.54 Å². The SMILES string of the molecule is Cc1ccc(CNC(C)C(C)(C)C)s1. The van der Waals surface area contributed by atoms with Crippen LogP contribution in [0.25, 0.3) is 0 Å². The summed E-state index contributed by atoms with van der Waals surface area (Å²) in [6, 6.07) is 4.94. The summed E-state index contributed by atoms with van der Waals surface area (Å²) in [5.74, 6) is 0. The van der Waals surface area contributed by atoms with Gasteiger partial charge in [-0.15, -0.1) is 11.3 Å². The highest BCUT2D eigenvalue weighted by Crippen LogP contribution is 2.20. The maximum atomic E-state index is 3.56. The fraction of sp³-hybridized carbons (Fsp3) is 0.667. The first-order valence-corrected chi connectivity index (χ1v) is 6.00. The van der Waals surface area contributed by atoms with Gasteiger partial charge in [-0.05, 0) is 31.4 Å². The Kier molecular flexibility index (Phi) is 3.73. The molecule has 0 saturated heterocycles. The van der Waals surface area contributed by atoms with Crippen LogP contribution in [0, 0.1) is 12.3 Å². The van der Waals surface area contributed by atoms with E-state index in [0.29, 0.717) is 11.5 Å². The first kappa shape index (κ1) is 11.7. The third kappa shape index (κ3) is 3.43. The lowest BCUT2D eigenvalue weighted by Crippen LogP contribution is -2.36. The topological polar surface area (TPSA) is 12.0 Å². The summed E-state index contributed by atoms with van der Waals surface area (Å²) in [7, 11) is 0. The highest BCUT2D eigenvalue weighted by Gasteiger charge is 2.18. The highest BCUT2D eigenvalue weighted by atomic mass is 32.1. The number of aryl methyl sites for hydroxylation is 1. The number of nitrogens with one attached hydrogen (secondary N) is 1. The maximum absolute atomic E-state index is 3.56. The molecule has 1 unspecified atom stereocenters. The van der Waals surface area contributed by atoms with Crippen molar-refractivity contribution in [1.29, 1.82) is 0 Å². The second kappa shape index (κ2) is 4.45. The maximum Gasteiger partial charge on any atom is 0.0302 e. The largest absolute Gasteiger partial charge is 0.309 e. The Morgan fingerprint density at radius 2 is 2.00 bits per heavy atom. The van der Waals surface area contributed by atoms with Crippen LogP contribution in [0.1, 0.15) is 37.4 Å². The lowest BCUT2D eigenvalue weighted by Gasteiger charge is -2.28. The van der Waals surface area contributed by atoms with Gasteiger partial charge in [-0.1, -0.05) is 20.8 Å². The van der Waals surface area contributed by atoms with Gasteiger partial charge < -0.3 is 5.32 Å². The van der Waals surface area contributed by atoms with E-state index in [4.69, 9.17) is 0 Å². The predicted molar refractivity (Wildman–Crippen MR) is 64.8 cm³/mol. The number of rotatable bonds is 3. The molecule has 0 radical (unpaired) electrons. The van der Waals surface area contributed by atoms with Gasteiger partial charge in [-0.25, -0.2) is 0 Å². The lowest BCUT2D eigenvalue weighted by atomic mass is 9.88. The summed E-state index contributed by atoms with van der Waals surface area (Å²) in [6.07, 6.45) is 0. The van der Waals surface area contributed by atoms with Gasteiger partial charge in [-0.3, -0.25) is 0 Å². The van der Waals surface area contributed by atoms with E-state index in [-0.39, 0.29) is 0 Å². The van der Waals surface area contributed by atoms with E-state index < -0.39 is 0 Å². The van der Waals surface area contributed by atoms with Crippen molar-refractivity contribution in [2.75, 3.05) is 0 Å². The molecule has 0 amide bonds. The molecule has 0 saturated carbocycles. The standard InChI is InChI=1S/C12H21NS/c1-9-6-7-11(14-9)8-13-10(2)12(3,4)5/h6-7,10,13H,8H2,1-5H3. The molecule has 1 rings (SSSR count). The lowest BCUT2D eigenvalue weighted by molar-refractivity contribution is 0.286. The molecule has 1 heterocycles. The Morgan fingerprint density at radius 3 is 2.43 bits per heavy atom. The summed E-state index contributed by atoms with van der Waals surface area (Å²) in [5.41, 5.74) is 0.340. The number of thiophene rings is 1. The predicted octanol–water partition coefficient (Wildman–Crippen LogP) is 3.58. The average molecular weight is 211 g/mol. The minimum atomic E-state index is 0.340. The molecule has 0 aliphatic carbocycles. The van der Waals surface area contributed by atoms with E-state index in [1.807, 2.05) is 11.3 Å². The van der Waals surface area contributed by atoms with Gasteiger partial charge >= 0.3 is 0 Å². The Balaban J connectivity index is 2.41. The van der Waals surface area contributed by atoms with Crippen molar-refractivity contribution >= 4 is 11.3 Å². The smallest absolute Gasteiger partial charge is 0.0302 e. The molecule has 1 aromatic rings. The summed E-state index contributed by atoms with van der Waals surface area (Å²) in [5, 5.41) is 3.56. The first-order valence-electron chi connectivity index (χ1n) is 5.18. The van der Waals surface area contributed by atoms with Crippen molar-refractivity contribution in [1.82, 2.24) is 5.32 Å². The third-order valence-corrected chi connectivity index (χ3v) is 3.68. The van der Waals surface area contributed by atoms with Crippen LogP contribution in [0.3, 0.4) is 0 Å². The van der Waals surface area contributed by atoms with Crippen molar-refractivity contribution in [3.05, 3.63) is 21.9 Å². The molecule has 0 aromatic carbocycles. The van der Waals surface area contributed by atoms with Crippen molar-refractivity contribution in [2.45, 2.75) is 47.2 Å². The van der Waals surface area contributed by atoms with Crippen LogP contribution in [-0.4, -0.2) is 6.04 Å². The van der Waals surface area contributed by atoms with Crippen molar-refractivity contribution in [3.63, 3.8) is 0 Å².